The van der Waals surface area contributed by atoms with Gasteiger partial charge in [0.25, 0.3) is 5.91 Å². The van der Waals surface area contributed by atoms with Crippen molar-refractivity contribution in [3.63, 3.8) is 0 Å². The third-order valence-electron chi connectivity index (χ3n) is 2.64. The molecule has 0 aromatic heterocycles. The van der Waals surface area contributed by atoms with Crippen LogP contribution in [-0.4, -0.2) is 31.1 Å². The molecule has 0 unspecified atom stereocenters. The normalized spacial score (nSPS) is 15.4. The molecule has 1 saturated heterocycles. The van der Waals surface area contributed by atoms with Crippen LogP contribution in [0.1, 0.15) is 12.5 Å². The van der Waals surface area contributed by atoms with Crippen LogP contribution in [0.15, 0.2) is 23.9 Å². The van der Waals surface area contributed by atoms with E-state index in [4.69, 9.17) is 9.47 Å². The van der Waals surface area contributed by atoms with Crippen molar-refractivity contribution in [1.29, 1.82) is 0 Å². The Balaban J connectivity index is 2.25. The molecule has 2 rings (SSSR count). The Bertz CT molecular complexity index is 653. The van der Waals surface area contributed by atoms with Crippen LogP contribution >= 0.6 is 0 Å². The zero-order valence-electron chi connectivity index (χ0n) is 11.7. The van der Waals surface area contributed by atoms with Crippen molar-refractivity contribution in [1.82, 2.24) is 10.6 Å². The number of carboxylic acid groups (broad SMARTS) is 1. The number of nitrogens with one attached hydrogen (secondary N) is 2. The Kier molecular flexibility index (Phi) is 4.62. The fourth-order valence-corrected chi connectivity index (χ4v) is 1.79. The number of hydrogen-bond acceptors (Lipinski definition) is 6. The van der Waals surface area contributed by atoms with E-state index in [0.717, 1.165) is 0 Å². The van der Waals surface area contributed by atoms with Crippen molar-refractivity contribution in [2.24, 2.45) is 0 Å². The van der Waals surface area contributed by atoms with Crippen LogP contribution in [0.3, 0.4) is 0 Å². The zero-order chi connectivity index (χ0) is 16.1. The first-order chi connectivity index (χ1) is 10.5. The SMILES string of the molecule is CCOc1cc(C=C2NC(=O)NC2=O)ccc1OCC(=O)[O-]. The minimum atomic E-state index is -1.35. The van der Waals surface area contributed by atoms with Crippen molar-refractivity contribution >= 4 is 24.0 Å². The molecule has 0 aliphatic carbocycles. The quantitative estimate of drug-likeness (QED) is 0.535. The van der Waals surface area contributed by atoms with Gasteiger partial charge in [0.1, 0.15) is 12.3 Å². The fourth-order valence-electron chi connectivity index (χ4n) is 1.79. The summed E-state index contributed by atoms with van der Waals surface area (Å²) in [5.41, 5.74) is 0.687. The average Bonchev–Trinajstić information content (AvgIpc) is 2.76. The summed E-state index contributed by atoms with van der Waals surface area (Å²) >= 11 is 0. The Morgan fingerprint density at radius 1 is 1.23 bits per heavy atom. The predicted molar refractivity (Wildman–Crippen MR) is 72.8 cm³/mol. The van der Waals surface area contributed by atoms with Gasteiger partial charge in [-0.15, -0.1) is 0 Å². The van der Waals surface area contributed by atoms with Gasteiger partial charge in [0.15, 0.2) is 11.5 Å². The van der Waals surface area contributed by atoms with E-state index >= 15 is 0 Å². The number of carboxylic acids is 1. The number of imide groups is 1. The minimum absolute atomic E-state index is 0.107. The molecule has 1 fully saturated rings. The maximum atomic E-state index is 11.5. The van der Waals surface area contributed by atoms with Gasteiger partial charge in [0.2, 0.25) is 0 Å². The second kappa shape index (κ2) is 6.61. The van der Waals surface area contributed by atoms with Gasteiger partial charge in [-0.2, -0.15) is 0 Å². The molecule has 1 aliphatic rings. The van der Waals surface area contributed by atoms with Gasteiger partial charge in [-0.1, -0.05) is 6.07 Å². The topological polar surface area (TPSA) is 117 Å². The number of carbonyl (C=O) groups excluding carboxylic acids is 3. The van der Waals surface area contributed by atoms with Crippen LogP contribution in [0, 0.1) is 0 Å². The molecule has 8 heteroatoms. The largest absolute Gasteiger partial charge is 0.546 e. The van der Waals surface area contributed by atoms with E-state index < -0.39 is 24.5 Å². The molecular weight excluding hydrogens is 292 g/mol. The molecule has 1 aromatic carbocycles. The van der Waals surface area contributed by atoms with Gasteiger partial charge in [0.05, 0.1) is 12.6 Å². The highest BCUT2D eigenvalue weighted by atomic mass is 16.5. The van der Waals surface area contributed by atoms with Crippen molar-refractivity contribution < 1.29 is 29.0 Å². The molecule has 0 radical (unpaired) electrons. The lowest BCUT2D eigenvalue weighted by molar-refractivity contribution is -0.307. The lowest BCUT2D eigenvalue weighted by Crippen LogP contribution is -2.29. The summed E-state index contributed by atoms with van der Waals surface area (Å²) < 4.78 is 10.4. The molecule has 1 heterocycles. The Morgan fingerprint density at radius 2 is 2.00 bits per heavy atom. The third kappa shape index (κ3) is 3.75. The summed E-state index contributed by atoms with van der Waals surface area (Å²) in [4.78, 5) is 32.9. The van der Waals surface area contributed by atoms with Crippen LogP contribution in [0.4, 0.5) is 4.79 Å². The highest BCUT2D eigenvalue weighted by Crippen LogP contribution is 2.29. The van der Waals surface area contributed by atoms with Crippen LogP contribution in [0.25, 0.3) is 6.08 Å². The van der Waals surface area contributed by atoms with Crippen molar-refractivity contribution in [2.75, 3.05) is 13.2 Å². The van der Waals surface area contributed by atoms with E-state index in [2.05, 4.69) is 10.6 Å². The highest BCUT2D eigenvalue weighted by molar-refractivity contribution is 6.14. The van der Waals surface area contributed by atoms with Gasteiger partial charge in [-0.05, 0) is 30.7 Å². The molecule has 0 atom stereocenters. The number of carbonyl (C=O) groups is 3. The average molecular weight is 305 g/mol. The van der Waals surface area contributed by atoms with Gasteiger partial charge in [0, 0.05) is 0 Å². The van der Waals surface area contributed by atoms with Crippen molar-refractivity contribution in [2.45, 2.75) is 6.92 Å². The molecule has 0 bridgehead atoms. The molecule has 22 heavy (non-hydrogen) atoms. The molecule has 1 aliphatic heterocycles. The van der Waals surface area contributed by atoms with Crippen molar-refractivity contribution in [3.05, 3.63) is 29.5 Å². The summed E-state index contributed by atoms with van der Waals surface area (Å²) in [5.74, 6) is -1.31. The fraction of sp³-hybridized carbons (Fsp3) is 0.214. The Hall–Kier alpha value is -3.03. The molecular formula is C14H13N2O6-. The summed E-state index contributed by atoms with van der Waals surface area (Å²) in [5, 5.41) is 14.9. The molecule has 3 amide bonds. The first-order valence-electron chi connectivity index (χ1n) is 6.43. The monoisotopic (exact) mass is 305 g/mol. The minimum Gasteiger partial charge on any atom is -0.546 e. The second-order valence-electron chi connectivity index (χ2n) is 4.27. The molecule has 1 aromatic rings. The van der Waals surface area contributed by atoms with Crippen LogP contribution in [0.5, 0.6) is 11.5 Å². The summed E-state index contributed by atoms with van der Waals surface area (Å²) in [6.07, 6.45) is 1.46. The maximum Gasteiger partial charge on any atom is 0.326 e. The van der Waals surface area contributed by atoms with Crippen molar-refractivity contribution in [3.8, 4) is 11.5 Å². The first-order valence-corrected chi connectivity index (χ1v) is 6.43. The molecule has 0 saturated carbocycles. The standard InChI is InChI=1S/C14H14N2O6/c1-2-21-11-6-8(3-4-10(11)22-7-12(17)18)5-9-13(19)16-14(20)15-9/h3-6H,2,7H2,1H3,(H,17,18)(H2,15,16,19,20)/p-1. The Morgan fingerprint density at radius 3 is 2.59 bits per heavy atom. The Labute approximate surface area is 125 Å². The second-order valence-corrected chi connectivity index (χ2v) is 4.27. The number of amides is 3. The number of hydrogen-bond donors (Lipinski definition) is 2. The smallest absolute Gasteiger partial charge is 0.326 e. The molecule has 0 spiro atoms. The lowest BCUT2D eigenvalue weighted by Gasteiger charge is -2.13. The van der Waals surface area contributed by atoms with Crippen LogP contribution in [-0.2, 0) is 9.59 Å². The van der Waals surface area contributed by atoms with Gasteiger partial charge in [-0.25, -0.2) is 4.79 Å². The van der Waals surface area contributed by atoms with E-state index in [-0.39, 0.29) is 11.4 Å². The number of benzene rings is 1. The number of aliphatic carboxylic acids is 1. The van der Waals surface area contributed by atoms with Gasteiger partial charge in [-0.3, -0.25) is 10.1 Å². The summed E-state index contributed by atoms with van der Waals surface area (Å²) in [6, 6.07) is 4.08. The van der Waals surface area contributed by atoms with E-state index in [0.29, 0.717) is 17.9 Å². The summed E-state index contributed by atoms with van der Waals surface area (Å²) in [6.45, 7) is 1.51. The molecule has 2 N–H and O–H groups in total. The number of rotatable bonds is 6. The zero-order valence-corrected chi connectivity index (χ0v) is 11.7. The van der Waals surface area contributed by atoms with Gasteiger partial charge >= 0.3 is 6.03 Å². The van der Waals surface area contributed by atoms with E-state index in [1.54, 1.807) is 19.1 Å². The number of ether oxygens (including phenoxy) is 2. The molecule has 8 nitrogen and oxygen atoms in total. The number of urea groups is 1. The molecule has 116 valence electrons. The van der Waals surface area contributed by atoms with Crippen LogP contribution in [0.2, 0.25) is 0 Å². The lowest BCUT2D eigenvalue weighted by atomic mass is 10.1. The van der Waals surface area contributed by atoms with E-state index in [1.807, 2.05) is 0 Å². The third-order valence-corrected chi connectivity index (χ3v) is 2.64. The summed E-state index contributed by atoms with van der Waals surface area (Å²) in [7, 11) is 0. The van der Waals surface area contributed by atoms with E-state index in [9.17, 15) is 19.5 Å². The first kappa shape index (κ1) is 15.4. The highest BCUT2D eigenvalue weighted by Gasteiger charge is 2.22. The van der Waals surface area contributed by atoms with E-state index in [1.165, 1.54) is 12.1 Å². The predicted octanol–water partition coefficient (Wildman–Crippen LogP) is -0.606. The van der Waals surface area contributed by atoms with Crippen LogP contribution < -0.4 is 25.2 Å². The van der Waals surface area contributed by atoms with Gasteiger partial charge < -0.3 is 24.7 Å². The maximum absolute atomic E-state index is 11.5.